The fraction of sp³-hybridized carbons (Fsp3) is 0.667. The molecule has 2 rings (SSSR count). The molecule has 148 valence electrons. The number of aliphatic hydroxyl groups excluding tert-OH is 2. The number of aliphatic hydroxyl groups is 2. The fourth-order valence-electron chi connectivity index (χ4n) is 1.55. The Kier molecular flexibility index (Phi) is 20.5. The minimum atomic E-state index is -0.0530. The zero-order chi connectivity index (χ0) is 16.2. The number of aromatic nitrogens is 6. The van der Waals surface area contributed by atoms with Gasteiger partial charge in [-0.3, -0.25) is 9.36 Å². The van der Waals surface area contributed by atoms with Crippen molar-refractivity contribution in [3.05, 3.63) is 23.8 Å². The van der Waals surface area contributed by atoms with Crippen molar-refractivity contribution >= 4 is 37.2 Å². The van der Waals surface area contributed by atoms with Crippen molar-refractivity contribution in [2.45, 2.75) is 39.1 Å². The van der Waals surface area contributed by atoms with E-state index in [0.29, 0.717) is 24.5 Å². The van der Waals surface area contributed by atoms with E-state index in [1.807, 2.05) is 0 Å². The molecular weight excluding hydrogens is 395 g/mol. The molecule has 0 atom stereocenters. The molecule has 0 radical (unpaired) electrons. The first-order valence-electron chi connectivity index (χ1n) is 7.13. The second-order valence-corrected chi connectivity index (χ2v) is 4.55. The maximum atomic E-state index is 8.64. The van der Waals surface area contributed by atoms with Crippen LogP contribution in [-0.4, -0.2) is 53.3 Å². The standard InChI is InChI=1S/2C6H12N4O.3ClH/c2*7-2-1-3-10-4-6(5-11)8-9-10;;;/h2*4,11H,1-3,5,7H2;3*1H. The van der Waals surface area contributed by atoms with Crippen LogP contribution in [0.25, 0.3) is 0 Å². The molecule has 0 unspecified atom stereocenters. The lowest BCUT2D eigenvalue weighted by atomic mass is 10.4. The fourth-order valence-corrected chi connectivity index (χ4v) is 1.55. The largest absolute Gasteiger partial charge is 0.390 e. The number of hydrogen-bond acceptors (Lipinski definition) is 8. The maximum Gasteiger partial charge on any atom is 0.108 e. The number of rotatable bonds is 8. The molecule has 2 aromatic heterocycles. The quantitative estimate of drug-likeness (QED) is 0.445. The third-order valence-corrected chi connectivity index (χ3v) is 2.68. The predicted octanol–water partition coefficient (Wildman–Crippen LogP) is -0.496. The van der Waals surface area contributed by atoms with Crippen LogP contribution in [0.2, 0.25) is 0 Å². The van der Waals surface area contributed by atoms with Crippen LogP contribution in [0.4, 0.5) is 0 Å². The van der Waals surface area contributed by atoms with Gasteiger partial charge < -0.3 is 21.7 Å². The average molecular weight is 422 g/mol. The van der Waals surface area contributed by atoms with Crippen LogP contribution >= 0.6 is 37.2 Å². The van der Waals surface area contributed by atoms with Crippen LogP contribution in [0.1, 0.15) is 24.2 Å². The Morgan fingerprint density at radius 2 is 1.12 bits per heavy atom. The van der Waals surface area contributed by atoms with Gasteiger partial charge in [0.1, 0.15) is 11.4 Å². The molecule has 0 amide bonds. The molecule has 0 aliphatic heterocycles. The highest BCUT2D eigenvalue weighted by atomic mass is 35.5. The lowest BCUT2D eigenvalue weighted by molar-refractivity contribution is 0.276. The topological polar surface area (TPSA) is 154 Å². The van der Waals surface area contributed by atoms with Crippen molar-refractivity contribution in [1.82, 2.24) is 30.0 Å². The summed E-state index contributed by atoms with van der Waals surface area (Å²) in [5, 5.41) is 32.2. The number of halogens is 3. The molecule has 13 heteroatoms. The van der Waals surface area contributed by atoms with Crippen molar-refractivity contribution in [1.29, 1.82) is 0 Å². The molecular formula is C12H27Cl3N8O2. The molecule has 2 heterocycles. The molecule has 2 aromatic rings. The molecule has 0 saturated carbocycles. The second kappa shape index (κ2) is 17.8. The number of nitrogens with zero attached hydrogens (tertiary/aromatic N) is 6. The van der Waals surface area contributed by atoms with E-state index in [1.54, 1.807) is 21.8 Å². The van der Waals surface area contributed by atoms with E-state index in [0.717, 1.165) is 25.9 Å². The zero-order valence-corrected chi connectivity index (χ0v) is 16.2. The monoisotopic (exact) mass is 420 g/mol. The van der Waals surface area contributed by atoms with Crippen molar-refractivity contribution in [2.75, 3.05) is 13.1 Å². The summed E-state index contributed by atoms with van der Waals surface area (Å²) in [5.74, 6) is 0. The van der Waals surface area contributed by atoms with Crippen LogP contribution in [0.15, 0.2) is 12.4 Å². The van der Waals surface area contributed by atoms with E-state index >= 15 is 0 Å². The van der Waals surface area contributed by atoms with Crippen LogP contribution in [0, 0.1) is 0 Å². The van der Waals surface area contributed by atoms with Gasteiger partial charge in [-0.25, -0.2) is 0 Å². The SMILES string of the molecule is Cl.Cl.Cl.NCCCn1cc(CO)nn1.NCCCn1cc(CO)nn1. The molecule has 0 saturated heterocycles. The zero-order valence-electron chi connectivity index (χ0n) is 13.8. The van der Waals surface area contributed by atoms with E-state index in [9.17, 15) is 0 Å². The third-order valence-electron chi connectivity index (χ3n) is 2.68. The van der Waals surface area contributed by atoms with E-state index in [1.165, 1.54) is 0 Å². The van der Waals surface area contributed by atoms with Crippen LogP contribution in [0.5, 0.6) is 0 Å². The normalized spacial score (nSPS) is 9.12. The first kappa shape index (κ1) is 28.8. The highest BCUT2D eigenvalue weighted by Gasteiger charge is 1.97. The van der Waals surface area contributed by atoms with Crippen molar-refractivity contribution in [3.63, 3.8) is 0 Å². The summed E-state index contributed by atoms with van der Waals surface area (Å²) < 4.78 is 3.36. The van der Waals surface area contributed by atoms with Gasteiger partial charge in [-0.1, -0.05) is 10.4 Å². The van der Waals surface area contributed by atoms with Gasteiger partial charge in [0.15, 0.2) is 0 Å². The lowest BCUT2D eigenvalue weighted by Gasteiger charge is -1.94. The molecule has 0 aromatic carbocycles. The third kappa shape index (κ3) is 12.1. The highest BCUT2D eigenvalue weighted by molar-refractivity contribution is 5.86. The Hall–Kier alpha value is -1.01. The maximum absolute atomic E-state index is 8.64. The number of hydrogen-bond donors (Lipinski definition) is 4. The van der Waals surface area contributed by atoms with Gasteiger partial charge in [0.2, 0.25) is 0 Å². The minimum absolute atomic E-state index is 0. The van der Waals surface area contributed by atoms with Gasteiger partial charge in [-0.2, -0.15) is 0 Å². The van der Waals surface area contributed by atoms with Crippen LogP contribution in [0.3, 0.4) is 0 Å². The van der Waals surface area contributed by atoms with E-state index in [-0.39, 0.29) is 50.4 Å². The summed E-state index contributed by atoms with van der Waals surface area (Å²) in [7, 11) is 0. The average Bonchev–Trinajstić information content (AvgIpc) is 3.20. The molecule has 10 nitrogen and oxygen atoms in total. The Bertz CT molecular complexity index is 480. The number of aryl methyl sites for hydroxylation is 2. The van der Waals surface area contributed by atoms with E-state index in [2.05, 4.69) is 20.6 Å². The van der Waals surface area contributed by atoms with Gasteiger partial charge in [-0.15, -0.1) is 47.4 Å². The second-order valence-electron chi connectivity index (χ2n) is 4.55. The van der Waals surface area contributed by atoms with Crippen LogP contribution in [-0.2, 0) is 26.3 Å². The molecule has 6 N–H and O–H groups in total. The molecule has 0 fully saturated rings. The Morgan fingerprint density at radius 1 is 0.760 bits per heavy atom. The minimum Gasteiger partial charge on any atom is -0.390 e. The van der Waals surface area contributed by atoms with Gasteiger partial charge in [0.25, 0.3) is 0 Å². The Labute approximate surface area is 165 Å². The first-order valence-corrected chi connectivity index (χ1v) is 7.13. The van der Waals surface area contributed by atoms with Crippen molar-refractivity contribution in [2.24, 2.45) is 11.5 Å². The molecule has 0 bridgehead atoms. The summed E-state index contributed by atoms with van der Waals surface area (Å²) in [5.41, 5.74) is 11.8. The summed E-state index contributed by atoms with van der Waals surface area (Å²) >= 11 is 0. The van der Waals surface area contributed by atoms with Gasteiger partial charge in [0, 0.05) is 13.1 Å². The summed E-state index contributed by atoms with van der Waals surface area (Å²) in [4.78, 5) is 0. The molecule has 0 aliphatic carbocycles. The molecule has 0 aliphatic rings. The Morgan fingerprint density at radius 3 is 1.36 bits per heavy atom. The predicted molar refractivity (Wildman–Crippen MR) is 101 cm³/mol. The molecule has 0 spiro atoms. The summed E-state index contributed by atoms with van der Waals surface area (Å²) in [6, 6.07) is 0. The van der Waals surface area contributed by atoms with E-state index < -0.39 is 0 Å². The van der Waals surface area contributed by atoms with E-state index in [4.69, 9.17) is 21.7 Å². The smallest absolute Gasteiger partial charge is 0.108 e. The van der Waals surface area contributed by atoms with Gasteiger partial charge in [0.05, 0.1) is 25.6 Å². The van der Waals surface area contributed by atoms with Gasteiger partial charge in [-0.05, 0) is 25.9 Å². The van der Waals surface area contributed by atoms with Gasteiger partial charge >= 0.3 is 0 Å². The summed E-state index contributed by atoms with van der Waals surface area (Å²) in [6.07, 6.45) is 5.20. The van der Waals surface area contributed by atoms with Crippen LogP contribution < -0.4 is 11.5 Å². The Balaban J connectivity index is -0.000000346. The number of nitrogens with two attached hydrogens (primary N) is 2. The first-order chi connectivity index (χ1) is 10.7. The van der Waals surface area contributed by atoms with Crippen molar-refractivity contribution < 1.29 is 10.2 Å². The summed E-state index contributed by atoms with van der Waals surface area (Å²) in [6.45, 7) is 2.72. The van der Waals surface area contributed by atoms with Crippen molar-refractivity contribution in [3.8, 4) is 0 Å². The lowest BCUT2D eigenvalue weighted by Crippen LogP contribution is -2.06. The highest BCUT2D eigenvalue weighted by Crippen LogP contribution is 1.93. The molecule has 25 heavy (non-hydrogen) atoms.